The van der Waals surface area contributed by atoms with Crippen LogP contribution >= 0.6 is 11.3 Å². The Balaban J connectivity index is 1.45. The lowest BCUT2D eigenvalue weighted by Gasteiger charge is -2.34. The number of hydrogen-bond donors (Lipinski definition) is 1. The van der Waals surface area contributed by atoms with E-state index in [2.05, 4.69) is 22.0 Å². The molecule has 0 spiro atoms. The normalized spacial score (nSPS) is 18.4. The van der Waals surface area contributed by atoms with Crippen LogP contribution in [0.5, 0.6) is 0 Å². The molecule has 5 rings (SSSR count). The smallest absolute Gasteiger partial charge is 0.259 e. The van der Waals surface area contributed by atoms with Gasteiger partial charge in [0.25, 0.3) is 5.56 Å². The second kappa shape index (κ2) is 7.21. The van der Waals surface area contributed by atoms with E-state index >= 15 is 0 Å². The van der Waals surface area contributed by atoms with E-state index in [4.69, 9.17) is 4.98 Å². The van der Waals surface area contributed by atoms with Crippen molar-refractivity contribution in [3.05, 3.63) is 52.6 Å². The predicted octanol–water partition coefficient (Wildman–Crippen LogP) is 4.95. The zero-order valence-corrected chi connectivity index (χ0v) is 16.3. The highest BCUT2D eigenvalue weighted by Gasteiger charge is 2.34. The molecule has 2 aliphatic carbocycles. The number of aromatic nitrogens is 2. The molecule has 0 aliphatic heterocycles. The SMILES string of the molecule is O=c1[nH]c(CN(C2CCCCC2)C2CC2)nc2sc(-c3ccccc3)cc12. The van der Waals surface area contributed by atoms with Crippen LogP contribution in [0.3, 0.4) is 0 Å². The molecule has 2 fully saturated rings. The standard InChI is InChI=1S/C22H25N3OS/c26-21-18-13-19(15-7-3-1-4-8-15)27-22(18)24-20(23-21)14-25(17-11-12-17)16-9-5-2-6-10-16/h1,3-4,7-8,13,16-17H,2,5-6,9-12,14H2,(H,23,24,26). The topological polar surface area (TPSA) is 49.0 Å². The molecule has 2 aliphatic rings. The molecule has 0 atom stereocenters. The van der Waals surface area contributed by atoms with Crippen molar-refractivity contribution in [3.63, 3.8) is 0 Å². The van der Waals surface area contributed by atoms with Crippen molar-refractivity contribution in [3.8, 4) is 10.4 Å². The largest absolute Gasteiger partial charge is 0.309 e. The maximum absolute atomic E-state index is 12.7. The molecule has 0 saturated heterocycles. The van der Waals surface area contributed by atoms with Gasteiger partial charge in [0.15, 0.2) is 0 Å². The van der Waals surface area contributed by atoms with E-state index in [9.17, 15) is 4.79 Å². The summed E-state index contributed by atoms with van der Waals surface area (Å²) in [5.41, 5.74) is 1.14. The van der Waals surface area contributed by atoms with Gasteiger partial charge >= 0.3 is 0 Å². The summed E-state index contributed by atoms with van der Waals surface area (Å²) in [5, 5.41) is 0.707. The summed E-state index contributed by atoms with van der Waals surface area (Å²) in [6, 6.07) is 13.6. The van der Waals surface area contributed by atoms with Crippen LogP contribution in [0.25, 0.3) is 20.7 Å². The van der Waals surface area contributed by atoms with Crippen molar-refractivity contribution in [1.29, 1.82) is 0 Å². The zero-order valence-electron chi connectivity index (χ0n) is 15.5. The molecule has 140 valence electrons. The van der Waals surface area contributed by atoms with Crippen LogP contribution in [-0.2, 0) is 6.54 Å². The molecule has 0 bridgehead atoms. The van der Waals surface area contributed by atoms with Crippen LogP contribution in [0, 0.1) is 0 Å². The molecule has 0 unspecified atom stereocenters. The van der Waals surface area contributed by atoms with Crippen molar-refractivity contribution < 1.29 is 0 Å². The number of H-pyrrole nitrogens is 1. The van der Waals surface area contributed by atoms with Crippen molar-refractivity contribution in [1.82, 2.24) is 14.9 Å². The Morgan fingerprint density at radius 2 is 1.78 bits per heavy atom. The Labute approximate surface area is 163 Å². The van der Waals surface area contributed by atoms with Gasteiger partial charge in [0.2, 0.25) is 0 Å². The van der Waals surface area contributed by atoms with Crippen LogP contribution in [0.1, 0.15) is 50.8 Å². The average molecular weight is 380 g/mol. The first-order chi connectivity index (χ1) is 13.3. The Hall–Kier alpha value is -1.98. The summed E-state index contributed by atoms with van der Waals surface area (Å²) in [5.74, 6) is 0.825. The minimum absolute atomic E-state index is 0.00665. The first kappa shape index (κ1) is 17.1. The van der Waals surface area contributed by atoms with E-state index in [0.717, 1.165) is 27.6 Å². The predicted molar refractivity (Wildman–Crippen MR) is 111 cm³/mol. The molecule has 4 nitrogen and oxygen atoms in total. The molecule has 1 N–H and O–H groups in total. The summed E-state index contributed by atoms with van der Waals surface area (Å²) in [6.45, 7) is 0.777. The van der Waals surface area contributed by atoms with Crippen LogP contribution in [-0.4, -0.2) is 27.0 Å². The third-order valence-electron chi connectivity index (χ3n) is 5.90. The van der Waals surface area contributed by atoms with Gasteiger partial charge in [-0.3, -0.25) is 9.69 Å². The minimum atomic E-state index is -0.00665. The van der Waals surface area contributed by atoms with Crippen LogP contribution in [0.15, 0.2) is 41.2 Å². The van der Waals surface area contributed by atoms with Crippen molar-refractivity contribution in [2.45, 2.75) is 63.6 Å². The Bertz CT molecular complexity index is 984. The van der Waals surface area contributed by atoms with Gasteiger partial charge in [0.1, 0.15) is 10.7 Å². The summed E-state index contributed by atoms with van der Waals surface area (Å²) in [7, 11) is 0. The lowest BCUT2D eigenvalue weighted by atomic mass is 9.94. The number of nitrogens with one attached hydrogen (secondary N) is 1. The highest BCUT2D eigenvalue weighted by atomic mass is 32.1. The Kier molecular flexibility index (Phi) is 4.58. The van der Waals surface area contributed by atoms with Gasteiger partial charge in [0.05, 0.1) is 11.9 Å². The highest BCUT2D eigenvalue weighted by molar-refractivity contribution is 7.21. The Morgan fingerprint density at radius 3 is 2.52 bits per heavy atom. The van der Waals surface area contributed by atoms with Crippen LogP contribution in [0.2, 0.25) is 0 Å². The third-order valence-corrected chi connectivity index (χ3v) is 6.98. The number of thiophene rings is 1. The second-order valence-electron chi connectivity index (χ2n) is 7.90. The van der Waals surface area contributed by atoms with Gasteiger partial charge in [-0.25, -0.2) is 4.98 Å². The van der Waals surface area contributed by atoms with Gasteiger partial charge in [-0.2, -0.15) is 0 Å². The van der Waals surface area contributed by atoms with E-state index in [1.807, 2.05) is 24.3 Å². The highest BCUT2D eigenvalue weighted by Crippen LogP contribution is 2.35. The van der Waals surface area contributed by atoms with Crippen molar-refractivity contribution >= 4 is 21.6 Å². The molecule has 0 amide bonds. The van der Waals surface area contributed by atoms with Crippen molar-refractivity contribution in [2.24, 2.45) is 0 Å². The maximum Gasteiger partial charge on any atom is 0.259 e. The number of benzene rings is 1. The monoisotopic (exact) mass is 379 g/mol. The van der Waals surface area contributed by atoms with Crippen LogP contribution < -0.4 is 5.56 Å². The van der Waals surface area contributed by atoms with Gasteiger partial charge in [-0.15, -0.1) is 11.3 Å². The summed E-state index contributed by atoms with van der Waals surface area (Å²) >= 11 is 1.62. The molecular formula is C22H25N3OS. The fraction of sp³-hybridized carbons (Fsp3) is 0.455. The van der Waals surface area contributed by atoms with Gasteiger partial charge in [0, 0.05) is 17.0 Å². The first-order valence-corrected chi connectivity index (χ1v) is 10.9. The third kappa shape index (κ3) is 3.58. The van der Waals surface area contributed by atoms with E-state index in [1.54, 1.807) is 11.3 Å². The summed E-state index contributed by atoms with van der Waals surface area (Å²) < 4.78 is 0. The molecule has 1 aromatic carbocycles. The fourth-order valence-electron chi connectivity index (χ4n) is 4.34. The average Bonchev–Trinajstić information content (AvgIpc) is 3.46. The van der Waals surface area contributed by atoms with E-state index in [-0.39, 0.29) is 5.56 Å². The first-order valence-electron chi connectivity index (χ1n) is 10.1. The van der Waals surface area contributed by atoms with E-state index < -0.39 is 0 Å². The molecule has 2 aromatic heterocycles. The summed E-state index contributed by atoms with van der Waals surface area (Å²) in [4.78, 5) is 25.2. The molecule has 2 saturated carbocycles. The van der Waals surface area contributed by atoms with Gasteiger partial charge in [-0.05, 0) is 37.3 Å². The maximum atomic E-state index is 12.7. The number of aromatic amines is 1. The zero-order chi connectivity index (χ0) is 18.2. The molecule has 2 heterocycles. The number of fused-ring (bicyclic) bond motifs is 1. The van der Waals surface area contributed by atoms with E-state index in [1.165, 1.54) is 44.9 Å². The fourth-order valence-corrected chi connectivity index (χ4v) is 5.40. The van der Waals surface area contributed by atoms with Crippen LogP contribution in [0.4, 0.5) is 0 Å². The Morgan fingerprint density at radius 1 is 1.04 bits per heavy atom. The molecule has 27 heavy (non-hydrogen) atoms. The minimum Gasteiger partial charge on any atom is -0.309 e. The van der Waals surface area contributed by atoms with E-state index in [0.29, 0.717) is 17.5 Å². The molecule has 0 radical (unpaired) electrons. The number of hydrogen-bond acceptors (Lipinski definition) is 4. The molecular weight excluding hydrogens is 354 g/mol. The molecule has 3 aromatic rings. The quantitative estimate of drug-likeness (QED) is 0.682. The number of nitrogens with zero attached hydrogens (tertiary/aromatic N) is 2. The second-order valence-corrected chi connectivity index (χ2v) is 8.93. The molecule has 5 heteroatoms. The van der Waals surface area contributed by atoms with Gasteiger partial charge in [-0.1, -0.05) is 49.6 Å². The van der Waals surface area contributed by atoms with Crippen molar-refractivity contribution in [2.75, 3.05) is 0 Å². The number of rotatable bonds is 5. The van der Waals surface area contributed by atoms with Gasteiger partial charge < -0.3 is 4.98 Å². The summed E-state index contributed by atoms with van der Waals surface area (Å²) in [6.07, 6.45) is 9.21. The lowest BCUT2D eigenvalue weighted by molar-refractivity contribution is 0.135. The lowest BCUT2D eigenvalue weighted by Crippen LogP contribution is -2.38.